The Hall–Kier alpha value is -3.03. The standard InChI is InChI=1S/C13H10FN3O4/c1-8(18)16-13-7-10(4-5-15-13)21-12-3-2-9(17(19)20)6-11(12)14/h2-7H,1H3,(H,15,16,18). The van der Waals surface area contributed by atoms with Gasteiger partial charge in [0.25, 0.3) is 5.69 Å². The maximum absolute atomic E-state index is 13.7. The lowest BCUT2D eigenvalue weighted by Crippen LogP contribution is -2.07. The average Bonchev–Trinajstić information content (AvgIpc) is 2.40. The molecule has 2 aromatic rings. The highest BCUT2D eigenvalue weighted by Gasteiger charge is 2.12. The third-order valence-electron chi connectivity index (χ3n) is 2.39. The minimum atomic E-state index is -0.859. The van der Waals surface area contributed by atoms with Crippen molar-refractivity contribution in [3.8, 4) is 11.5 Å². The van der Waals surface area contributed by atoms with Crippen molar-refractivity contribution in [1.29, 1.82) is 0 Å². The summed E-state index contributed by atoms with van der Waals surface area (Å²) in [4.78, 5) is 24.6. The zero-order valence-corrected chi connectivity index (χ0v) is 10.9. The number of nitro benzene ring substituents is 1. The summed E-state index contributed by atoms with van der Waals surface area (Å²) >= 11 is 0. The summed E-state index contributed by atoms with van der Waals surface area (Å²) in [6.45, 7) is 1.32. The largest absolute Gasteiger partial charge is 0.454 e. The molecule has 1 heterocycles. The van der Waals surface area contributed by atoms with Crippen LogP contribution in [0.15, 0.2) is 36.5 Å². The number of halogens is 1. The van der Waals surface area contributed by atoms with E-state index in [9.17, 15) is 19.3 Å². The van der Waals surface area contributed by atoms with Gasteiger partial charge in [-0.05, 0) is 12.1 Å². The first-order chi connectivity index (χ1) is 9.95. The summed E-state index contributed by atoms with van der Waals surface area (Å²) in [6, 6.07) is 5.93. The van der Waals surface area contributed by atoms with Gasteiger partial charge in [-0.25, -0.2) is 9.37 Å². The van der Waals surface area contributed by atoms with Crippen LogP contribution in [0.2, 0.25) is 0 Å². The molecule has 0 aliphatic carbocycles. The molecule has 2 rings (SSSR count). The second kappa shape index (κ2) is 5.95. The van der Waals surface area contributed by atoms with Crippen LogP contribution >= 0.6 is 0 Å². The Morgan fingerprint density at radius 3 is 2.76 bits per heavy atom. The van der Waals surface area contributed by atoms with Crippen LogP contribution in [0, 0.1) is 15.9 Å². The Kier molecular flexibility index (Phi) is 4.07. The van der Waals surface area contributed by atoms with Crippen LogP contribution in [0.3, 0.4) is 0 Å². The van der Waals surface area contributed by atoms with Crippen LogP contribution in [-0.4, -0.2) is 15.8 Å². The van der Waals surface area contributed by atoms with Crippen molar-refractivity contribution < 1.29 is 18.8 Å². The number of rotatable bonds is 4. The molecule has 0 unspecified atom stereocenters. The molecule has 0 saturated carbocycles. The van der Waals surface area contributed by atoms with Crippen molar-refractivity contribution in [3.05, 3.63) is 52.5 Å². The Balaban J connectivity index is 2.22. The van der Waals surface area contributed by atoms with E-state index in [2.05, 4.69) is 10.3 Å². The Bertz CT molecular complexity index is 706. The van der Waals surface area contributed by atoms with Gasteiger partial charge in [-0.1, -0.05) is 0 Å². The quantitative estimate of drug-likeness (QED) is 0.690. The number of hydrogen-bond acceptors (Lipinski definition) is 5. The number of nitro groups is 1. The molecule has 21 heavy (non-hydrogen) atoms. The van der Waals surface area contributed by atoms with Crippen molar-refractivity contribution in [2.45, 2.75) is 6.92 Å². The van der Waals surface area contributed by atoms with E-state index in [0.717, 1.165) is 18.2 Å². The molecule has 1 aromatic carbocycles. The van der Waals surface area contributed by atoms with Crippen molar-refractivity contribution in [2.75, 3.05) is 5.32 Å². The molecule has 1 amide bonds. The van der Waals surface area contributed by atoms with E-state index in [1.807, 2.05) is 0 Å². The topological polar surface area (TPSA) is 94.4 Å². The number of carbonyl (C=O) groups excluding carboxylic acids is 1. The van der Waals surface area contributed by atoms with Crippen LogP contribution < -0.4 is 10.1 Å². The van der Waals surface area contributed by atoms with E-state index >= 15 is 0 Å². The van der Waals surface area contributed by atoms with Gasteiger partial charge in [0.05, 0.1) is 11.0 Å². The molecule has 1 aromatic heterocycles. The van der Waals surface area contributed by atoms with Crippen LogP contribution in [0.25, 0.3) is 0 Å². The molecular formula is C13H10FN3O4. The number of carbonyl (C=O) groups is 1. The molecule has 0 radical (unpaired) electrons. The molecule has 1 N–H and O–H groups in total. The Labute approximate surface area is 118 Å². The number of aromatic nitrogens is 1. The van der Waals surface area contributed by atoms with Crippen molar-refractivity contribution in [2.24, 2.45) is 0 Å². The van der Waals surface area contributed by atoms with Gasteiger partial charge < -0.3 is 10.1 Å². The van der Waals surface area contributed by atoms with Gasteiger partial charge in [0.2, 0.25) is 5.91 Å². The van der Waals surface area contributed by atoms with Crippen LogP contribution in [0.5, 0.6) is 11.5 Å². The minimum absolute atomic E-state index is 0.166. The van der Waals surface area contributed by atoms with E-state index in [-0.39, 0.29) is 28.9 Å². The summed E-state index contributed by atoms with van der Waals surface area (Å²) in [5, 5.41) is 13.0. The normalized spacial score (nSPS) is 10.0. The van der Waals surface area contributed by atoms with E-state index in [1.165, 1.54) is 25.3 Å². The zero-order chi connectivity index (χ0) is 15.4. The molecule has 0 saturated heterocycles. The van der Waals surface area contributed by atoms with Gasteiger partial charge in [0, 0.05) is 25.3 Å². The van der Waals surface area contributed by atoms with Crippen molar-refractivity contribution in [3.63, 3.8) is 0 Å². The van der Waals surface area contributed by atoms with Gasteiger partial charge in [-0.3, -0.25) is 14.9 Å². The molecule has 108 valence electrons. The number of non-ortho nitro benzene ring substituents is 1. The highest BCUT2D eigenvalue weighted by molar-refractivity contribution is 5.87. The Morgan fingerprint density at radius 1 is 1.38 bits per heavy atom. The van der Waals surface area contributed by atoms with Gasteiger partial charge in [0.1, 0.15) is 11.6 Å². The molecule has 0 fully saturated rings. The zero-order valence-electron chi connectivity index (χ0n) is 10.9. The van der Waals surface area contributed by atoms with E-state index in [0.29, 0.717) is 0 Å². The summed E-state index contributed by atoms with van der Waals surface area (Å²) in [5.74, 6) is -0.840. The minimum Gasteiger partial charge on any atom is -0.454 e. The smallest absolute Gasteiger partial charge is 0.272 e. The molecule has 0 bridgehead atoms. The lowest BCUT2D eigenvalue weighted by molar-refractivity contribution is -0.385. The highest BCUT2D eigenvalue weighted by atomic mass is 19.1. The number of anilines is 1. The predicted molar refractivity (Wildman–Crippen MR) is 71.7 cm³/mol. The third-order valence-corrected chi connectivity index (χ3v) is 2.39. The number of amides is 1. The van der Waals surface area contributed by atoms with E-state index in [1.54, 1.807) is 0 Å². The van der Waals surface area contributed by atoms with Gasteiger partial charge in [-0.2, -0.15) is 0 Å². The molecule has 0 aliphatic rings. The molecule has 0 aliphatic heterocycles. The maximum Gasteiger partial charge on any atom is 0.272 e. The molecule has 0 atom stereocenters. The fourth-order valence-electron chi connectivity index (χ4n) is 1.54. The summed E-state index contributed by atoms with van der Waals surface area (Å²) < 4.78 is 19.0. The highest BCUT2D eigenvalue weighted by Crippen LogP contribution is 2.28. The Morgan fingerprint density at radius 2 is 2.14 bits per heavy atom. The van der Waals surface area contributed by atoms with E-state index < -0.39 is 10.7 Å². The second-order valence-corrected chi connectivity index (χ2v) is 4.03. The summed E-state index contributed by atoms with van der Waals surface area (Å²) in [7, 11) is 0. The lowest BCUT2D eigenvalue weighted by Gasteiger charge is -2.08. The predicted octanol–water partition coefficient (Wildman–Crippen LogP) is 2.88. The maximum atomic E-state index is 13.7. The molecule has 8 heteroatoms. The first-order valence-electron chi connectivity index (χ1n) is 5.81. The number of benzene rings is 1. The molecule has 0 spiro atoms. The van der Waals surface area contributed by atoms with Crippen LogP contribution in [0.1, 0.15) is 6.92 Å². The van der Waals surface area contributed by atoms with Gasteiger partial charge in [0.15, 0.2) is 11.6 Å². The number of nitrogens with zero attached hydrogens (tertiary/aromatic N) is 2. The SMILES string of the molecule is CC(=O)Nc1cc(Oc2ccc([N+](=O)[O-])cc2F)ccn1. The van der Waals surface area contributed by atoms with Crippen molar-refractivity contribution >= 4 is 17.4 Å². The van der Waals surface area contributed by atoms with Crippen molar-refractivity contribution in [1.82, 2.24) is 4.98 Å². The summed E-state index contributed by atoms with van der Waals surface area (Å²) in [5.41, 5.74) is -0.367. The lowest BCUT2D eigenvalue weighted by atomic mass is 10.3. The first-order valence-corrected chi connectivity index (χ1v) is 5.81. The average molecular weight is 291 g/mol. The fraction of sp³-hybridized carbons (Fsp3) is 0.0769. The van der Waals surface area contributed by atoms with E-state index in [4.69, 9.17) is 4.74 Å². The number of ether oxygens (including phenoxy) is 1. The van der Waals surface area contributed by atoms with Crippen LogP contribution in [-0.2, 0) is 4.79 Å². The number of hydrogen-bond donors (Lipinski definition) is 1. The number of nitrogens with one attached hydrogen (secondary N) is 1. The summed E-state index contributed by atoms with van der Waals surface area (Å²) in [6.07, 6.45) is 1.38. The fourth-order valence-corrected chi connectivity index (χ4v) is 1.54. The third kappa shape index (κ3) is 3.72. The molecule has 7 nitrogen and oxygen atoms in total. The van der Waals surface area contributed by atoms with Gasteiger partial charge >= 0.3 is 0 Å². The molecular weight excluding hydrogens is 281 g/mol. The van der Waals surface area contributed by atoms with Gasteiger partial charge in [-0.15, -0.1) is 0 Å². The van der Waals surface area contributed by atoms with Crippen LogP contribution in [0.4, 0.5) is 15.9 Å². The first kappa shape index (κ1) is 14.4. The monoisotopic (exact) mass is 291 g/mol. The number of pyridine rings is 1. The second-order valence-electron chi connectivity index (χ2n) is 4.03.